The number of carbonyl (C=O) groups is 1. The van der Waals surface area contributed by atoms with Crippen LogP contribution < -0.4 is 9.46 Å². The highest BCUT2D eigenvalue weighted by Crippen LogP contribution is 2.30. The number of fused-ring (bicyclic) bond motifs is 1. The second-order valence-electron chi connectivity index (χ2n) is 8.45. The summed E-state index contributed by atoms with van der Waals surface area (Å²) in [6.45, 7) is 1.09. The van der Waals surface area contributed by atoms with Crippen LogP contribution in [0.15, 0.2) is 82.1 Å². The number of rotatable bonds is 6. The highest BCUT2D eigenvalue weighted by Gasteiger charge is 2.28. The van der Waals surface area contributed by atoms with Crippen molar-refractivity contribution in [2.45, 2.75) is 23.7 Å². The third kappa shape index (κ3) is 4.85. The van der Waals surface area contributed by atoms with Crippen molar-refractivity contribution in [3.63, 3.8) is 0 Å². The molecule has 0 spiro atoms. The van der Waals surface area contributed by atoms with E-state index >= 15 is 0 Å². The number of aromatic nitrogens is 1. The maximum Gasteiger partial charge on any atom is 0.261 e. The Kier molecular flexibility index (Phi) is 6.17. The molecule has 0 saturated carbocycles. The number of hydrogen-bond donors (Lipinski definition) is 1. The lowest BCUT2D eigenvalue weighted by atomic mass is 9.96. The number of amides is 1. The number of anilines is 1. The maximum absolute atomic E-state index is 13.1. The summed E-state index contributed by atoms with van der Waals surface area (Å²) in [7, 11) is -2.32. The standard InChI is InChI=1S/C26H25N3O5S/c1-33-21-11-9-20(10-12-21)28-35(31,32)22-6-4-5-19(17-22)26(30)29-15-13-18(14-16-29)25-27-23-7-2-3-8-24(23)34-25/h2-12,17-18,28H,13-16H2,1H3. The summed E-state index contributed by atoms with van der Waals surface area (Å²) >= 11 is 0. The zero-order chi connectivity index (χ0) is 24.4. The summed E-state index contributed by atoms with van der Waals surface area (Å²) in [5, 5.41) is 0. The minimum atomic E-state index is -3.86. The molecule has 9 heteroatoms. The predicted molar refractivity (Wildman–Crippen MR) is 132 cm³/mol. The number of nitrogens with one attached hydrogen (secondary N) is 1. The smallest absolute Gasteiger partial charge is 0.261 e. The molecule has 1 aromatic heterocycles. The Morgan fingerprint density at radius 1 is 1.03 bits per heavy atom. The fraction of sp³-hybridized carbons (Fsp3) is 0.231. The molecule has 1 amide bonds. The summed E-state index contributed by atoms with van der Waals surface area (Å²) < 4.78 is 39.3. The van der Waals surface area contributed by atoms with Gasteiger partial charge >= 0.3 is 0 Å². The number of likely N-dealkylation sites (tertiary alicyclic amines) is 1. The molecule has 5 rings (SSSR count). The largest absolute Gasteiger partial charge is 0.497 e. The van der Waals surface area contributed by atoms with Crippen molar-refractivity contribution in [3.05, 3.63) is 84.3 Å². The van der Waals surface area contributed by atoms with Crippen molar-refractivity contribution in [1.82, 2.24) is 9.88 Å². The first-order valence-corrected chi connectivity index (χ1v) is 12.8. The van der Waals surface area contributed by atoms with Crippen LogP contribution in [0.2, 0.25) is 0 Å². The Balaban J connectivity index is 1.26. The van der Waals surface area contributed by atoms with Gasteiger partial charge in [0, 0.05) is 30.3 Å². The van der Waals surface area contributed by atoms with Crippen molar-refractivity contribution in [2.24, 2.45) is 0 Å². The van der Waals surface area contributed by atoms with Gasteiger partial charge in [-0.05, 0) is 67.4 Å². The van der Waals surface area contributed by atoms with Gasteiger partial charge in [-0.1, -0.05) is 18.2 Å². The van der Waals surface area contributed by atoms with E-state index in [-0.39, 0.29) is 16.7 Å². The first-order chi connectivity index (χ1) is 16.9. The van der Waals surface area contributed by atoms with Gasteiger partial charge in [-0.25, -0.2) is 13.4 Å². The Morgan fingerprint density at radius 3 is 2.49 bits per heavy atom. The van der Waals surface area contributed by atoms with E-state index in [2.05, 4.69) is 9.71 Å². The normalized spacial score (nSPS) is 14.7. The molecule has 180 valence electrons. The van der Waals surface area contributed by atoms with E-state index in [1.807, 2.05) is 24.3 Å². The molecule has 35 heavy (non-hydrogen) atoms. The average molecular weight is 492 g/mol. The van der Waals surface area contributed by atoms with E-state index in [9.17, 15) is 13.2 Å². The highest BCUT2D eigenvalue weighted by molar-refractivity contribution is 7.92. The molecular formula is C26H25N3O5S. The van der Waals surface area contributed by atoms with Crippen LogP contribution in [0.1, 0.15) is 35.0 Å². The van der Waals surface area contributed by atoms with Gasteiger partial charge in [0.25, 0.3) is 15.9 Å². The number of piperidine rings is 1. The number of para-hydroxylation sites is 2. The summed E-state index contributed by atoms with van der Waals surface area (Å²) in [5.41, 5.74) is 2.34. The molecule has 0 bridgehead atoms. The lowest BCUT2D eigenvalue weighted by Crippen LogP contribution is -2.38. The number of benzene rings is 3. The lowest BCUT2D eigenvalue weighted by Gasteiger charge is -2.30. The van der Waals surface area contributed by atoms with Gasteiger partial charge in [0.1, 0.15) is 11.3 Å². The van der Waals surface area contributed by atoms with Crippen LogP contribution in [0.5, 0.6) is 5.75 Å². The van der Waals surface area contributed by atoms with Gasteiger partial charge < -0.3 is 14.1 Å². The van der Waals surface area contributed by atoms with Crippen molar-refractivity contribution >= 4 is 32.7 Å². The van der Waals surface area contributed by atoms with Crippen molar-refractivity contribution in [1.29, 1.82) is 0 Å². The van der Waals surface area contributed by atoms with Crippen LogP contribution in [-0.2, 0) is 10.0 Å². The Bertz CT molecular complexity index is 1420. The molecule has 0 aliphatic carbocycles. The van der Waals surface area contributed by atoms with Gasteiger partial charge in [-0.3, -0.25) is 9.52 Å². The van der Waals surface area contributed by atoms with Gasteiger partial charge in [0.05, 0.1) is 12.0 Å². The molecule has 1 aliphatic rings. The van der Waals surface area contributed by atoms with Gasteiger partial charge in [-0.2, -0.15) is 0 Å². The number of nitrogens with zero attached hydrogens (tertiary/aromatic N) is 2. The maximum atomic E-state index is 13.1. The first-order valence-electron chi connectivity index (χ1n) is 11.3. The third-order valence-electron chi connectivity index (χ3n) is 6.18. The Labute approximate surface area is 203 Å². The number of hydrogen-bond acceptors (Lipinski definition) is 6. The van der Waals surface area contributed by atoms with Crippen LogP contribution in [0.4, 0.5) is 5.69 Å². The van der Waals surface area contributed by atoms with Crippen LogP contribution in [0.25, 0.3) is 11.1 Å². The summed E-state index contributed by atoms with van der Waals surface area (Å²) in [4.78, 5) is 19.5. The topological polar surface area (TPSA) is 102 Å². The predicted octanol–water partition coefficient (Wildman–Crippen LogP) is 4.66. The molecule has 1 aliphatic heterocycles. The zero-order valence-corrected chi connectivity index (χ0v) is 20.0. The summed E-state index contributed by atoms with van der Waals surface area (Å²) in [6.07, 6.45) is 1.46. The quantitative estimate of drug-likeness (QED) is 0.421. The Hall–Kier alpha value is -3.85. The molecular weight excluding hydrogens is 466 g/mol. The fourth-order valence-corrected chi connectivity index (χ4v) is 5.35. The molecule has 0 radical (unpaired) electrons. The number of oxazole rings is 1. The molecule has 2 heterocycles. The van der Waals surface area contributed by atoms with Crippen LogP contribution >= 0.6 is 0 Å². The van der Waals surface area contributed by atoms with Crippen molar-refractivity contribution in [3.8, 4) is 5.75 Å². The minimum absolute atomic E-state index is 0.0283. The second kappa shape index (κ2) is 9.42. The molecule has 8 nitrogen and oxygen atoms in total. The van der Waals surface area contributed by atoms with E-state index in [0.717, 1.165) is 23.9 Å². The highest BCUT2D eigenvalue weighted by atomic mass is 32.2. The third-order valence-corrected chi connectivity index (χ3v) is 7.55. The summed E-state index contributed by atoms with van der Waals surface area (Å²) in [6, 6.07) is 20.4. The van der Waals surface area contributed by atoms with Gasteiger partial charge in [0.2, 0.25) is 0 Å². The van der Waals surface area contributed by atoms with E-state index < -0.39 is 10.0 Å². The Morgan fingerprint density at radius 2 is 1.77 bits per heavy atom. The van der Waals surface area contributed by atoms with E-state index in [0.29, 0.717) is 36.0 Å². The van der Waals surface area contributed by atoms with E-state index in [1.54, 1.807) is 48.4 Å². The second-order valence-corrected chi connectivity index (χ2v) is 10.1. The summed E-state index contributed by atoms with van der Waals surface area (Å²) in [5.74, 6) is 1.28. The molecule has 1 saturated heterocycles. The van der Waals surface area contributed by atoms with Crippen LogP contribution in [-0.4, -0.2) is 44.4 Å². The van der Waals surface area contributed by atoms with Crippen LogP contribution in [0.3, 0.4) is 0 Å². The fourth-order valence-electron chi connectivity index (χ4n) is 4.25. The number of ether oxygens (including phenoxy) is 1. The number of methoxy groups -OCH3 is 1. The molecule has 1 N–H and O–H groups in total. The van der Waals surface area contributed by atoms with Crippen molar-refractivity contribution < 1.29 is 22.4 Å². The van der Waals surface area contributed by atoms with E-state index in [1.165, 1.54) is 12.1 Å². The first kappa shape index (κ1) is 22.9. The van der Waals surface area contributed by atoms with Gasteiger partial charge in [0.15, 0.2) is 11.5 Å². The van der Waals surface area contributed by atoms with Crippen molar-refractivity contribution in [2.75, 3.05) is 24.9 Å². The van der Waals surface area contributed by atoms with E-state index in [4.69, 9.17) is 9.15 Å². The average Bonchev–Trinajstić information content (AvgIpc) is 3.33. The molecule has 3 aromatic carbocycles. The number of sulfonamides is 1. The SMILES string of the molecule is COc1ccc(NS(=O)(=O)c2cccc(C(=O)N3CCC(c4nc5ccccc5o4)CC3)c2)cc1. The lowest BCUT2D eigenvalue weighted by molar-refractivity contribution is 0.0706. The minimum Gasteiger partial charge on any atom is -0.497 e. The molecule has 4 aromatic rings. The van der Waals surface area contributed by atoms with Gasteiger partial charge in [-0.15, -0.1) is 0 Å². The monoisotopic (exact) mass is 491 g/mol. The molecule has 1 fully saturated rings. The molecule has 0 atom stereocenters. The van der Waals surface area contributed by atoms with Crippen LogP contribution in [0, 0.1) is 0 Å². The number of carbonyl (C=O) groups excluding carboxylic acids is 1. The molecule has 0 unspecified atom stereocenters. The zero-order valence-electron chi connectivity index (χ0n) is 19.2.